The van der Waals surface area contributed by atoms with E-state index in [9.17, 15) is 15.0 Å². The highest BCUT2D eigenvalue weighted by molar-refractivity contribution is 5.69. The number of aliphatic hydroxyl groups is 2. The molecule has 1 aliphatic heterocycles. The van der Waals surface area contributed by atoms with E-state index in [4.69, 9.17) is 9.47 Å². The maximum absolute atomic E-state index is 11.4. The van der Waals surface area contributed by atoms with Gasteiger partial charge in [-0.25, -0.2) is 0 Å². The van der Waals surface area contributed by atoms with E-state index >= 15 is 0 Å². The summed E-state index contributed by atoms with van der Waals surface area (Å²) in [5, 5.41) is 18.9. The predicted molar refractivity (Wildman–Crippen MR) is 56.9 cm³/mol. The molecule has 0 radical (unpaired) electrons. The zero-order valence-electron chi connectivity index (χ0n) is 9.59. The molecule has 1 heterocycles. The van der Waals surface area contributed by atoms with Crippen LogP contribution in [0.5, 0.6) is 0 Å². The Kier molecular flexibility index (Phi) is 5.73. The minimum atomic E-state index is -1.04. The van der Waals surface area contributed by atoms with Gasteiger partial charge in [-0.2, -0.15) is 0 Å². The molecule has 3 atom stereocenters. The second kappa shape index (κ2) is 6.83. The van der Waals surface area contributed by atoms with E-state index in [-0.39, 0.29) is 19.2 Å². The molecule has 0 saturated carbocycles. The molecule has 0 aromatic rings. The summed E-state index contributed by atoms with van der Waals surface area (Å²) in [6, 6.07) is 0. The summed E-state index contributed by atoms with van der Waals surface area (Å²) in [7, 11) is 0. The fourth-order valence-electron chi connectivity index (χ4n) is 1.60. The van der Waals surface area contributed by atoms with Crippen molar-refractivity contribution < 1.29 is 24.5 Å². The van der Waals surface area contributed by atoms with Crippen LogP contribution in [0.4, 0.5) is 0 Å². The third kappa shape index (κ3) is 4.08. The SMILES string of the molecule is CCCCCC(=O)O[C@H]1COC[C@@H](O)[C@H]1O. The fourth-order valence-corrected chi connectivity index (χ4v) is 1.60. The van der Waals surface area contributed by atoms with Gasteiger partial charge in [-0.15, -0.1) is 0 Å². The Morgan fingerprint density at radius 1 is 1.38 bits per heavy atom. The van der Waals surface area contributed by atoms with Crippen molar-refractivity contribution in [3.8, 4) is 0 Å². The van der Waals surface area contributed by atoms with E-state index in [1.807, 2.05) is 0 Å². The van der Waals surface area contributed by atoms with Gasteiger partial charge >= 0.3 is 5.97 Å². The molecule has 5 heteroatoms. The largest absolute Gasteiger partial charge is 0.457 e. The quantitative estimate of drug-likeness (QED) is 0.524. The smallest absolute Gasteiger partial charge is 0.306 e. The van der Waals surface area contributed by atoms with Gasteiger partial charge in [-0.05, 0) is 6.42 Å². The lowest BCUT2D eigenvalue weighted by molar-refractivity contribution is -0.185. The van der Waals surface area contributed by atoms with Gasteiger partial charge in [0.15, 0.2) is 6.10 Å². The van der Waals surface area contributed by atoms with Crippen LogP contribution in [0.25, 0.3) is 0 Å². The highest BCUT2D eigenvalue weighted by atomic mass is 16.6. The number of carbonyl (C=O) groups is 1. The summed E-state index contributed by atoms with van der Waals surface area (Å²) in [6.07, 6.45) is 0.432. The lowest BCUT2D eigenvalue weighted by Gasteiger charge is -2.31. The Bertz CT molecular complexity index is 218. The summed E-state index contributed by atoms with van der Waals surface area (Å²) in [5.74, 6) is -0.338. The van der Waals surface area contributed by atoms with E-state index in [0.717, 1.165) is 19.3 Å². The van der Waals surface area contributed by atoms with Crippen LogP contribution >= 0.6 is 0 Å². The molecular formula is C11H20O5. The van der Waals surface area contributed by atoms with Crippen LogP contribution in [-0.4, -0.2) is 47.7 Å². The van der Waals surface area contributed by atoms with Crippen LogP contribution in [0.15, 0.2) is 0 Å². The average Bonchev–Trinajstić information content (AvgIpc) is 2.25. The number of esters is 1. The number of carbonyl (C=O) groups excluding carboxylic acids is 1. The molecule has 0 aromatic heterocycles. The first-order chi connectivity index (χ1) is 7.65. The number of hydrogen-bond donors (Lipinski definition) is 2. The normalized spacial score (nSPS) is 30.1. The van der Waals surface area contributed by atoms with Crippen LogP contribution in [-0.2, 0) is 14.3 Å². The first-order valence-electron chi connectivity index (χ1n) is 5.78. The predicted octanol–water partition coefficient (Wildman–Crippen LogP) is 0.231. The van der Waals surface area contributed by atoms with E-state index < -0.39 is 18.3 Å². The number of unbranched alkanes of at least 4 members (excludes halogenated alkanes) is 2. The molecule has 2 N–H and O–H groups in total. The second-order valence-electron chi connectivity index (χ2n) is 4.08. The lowest BCUT2D eigenvalue weighted by atomic mass is 10.1. The first-order valence-corrected chi connectivity index (χ1v) is 5.78. The van der Waals surface area contributed by atoms with Gasteiger partial charge in [0, 0.05) is 6.42 Å². The van der Waals surface area contributed by atoms with Gasteiger partial charge in [0.25, 0.3) is 0 Å². The molecular weight excluding hydrogens is 212 g/mol. The summed E-state index contributed by atoms with van der Waals surface area (Å²) < 4.78 is 10.1. The van der Waals surface area contributed by atoms with Crippen molar-refractivity contribution in [1.29, 1.82) is 0 Å². The van der Waals surface area contributed by atoms with Gasteiger partial charge in [0.2, 0.25) is 0 Å². The molecule has 1 rings (SSSR count). The van der Waals surface area contributed by atoms with Crippen molar-refractivity contribution in [2.45, 2.75) is 50.9 Å². The molecule has 1 aliphatic rings. The molecule has 0 aliphatic carbocycles. The Labute approximate surface area is 95.4 Å². The van der Waals surface area contributed by atoms with Crippen molar-refractivity contribution in [3.63, 3.8) is 0 Å². The Morgan fingerprint density at radius 2 is 2.12 bits per heavy atom. The number of hydrogen-bond acceptors (Lipinski definition) is 5. The van der Waals surface area contributed by atoms with E-state index in [1.54, 1.807) is 0 Å². The van der Waals surface area contributed by atoms with Crippen molar-refractivity contribution in [3.05, 3.63) is 0 Å². The van der Waals surface area contributed by atoms with E-state index in [1.165, 1.54) is 0 Å². The standard InChI is InChI=1S/C11H20O5/c1-2-3-4-5-10(13)16-9-7-15-6-8(12)11(9)14/h8-9,11-12,14H,2-7H2,1H3/t8-,9+,11-/m1/s1. The van der Waals surface area contributed by atoms with E-state index in [2.05, 4.69) is 6.92 Å². The molecule has 0 spiro atoms. The summed E-state index contributed by atoms with van der Waals surface area (Å²) >= 11 is 0. The summed E-state index contributed by atoms with van der Waals surface area (Å²) in [6.45, 7) is 2.29. The molecule has 5 nitrogen and oxygen atoms in total. The van der Waals surface area contributed by atoms with Crippen molar-refractivity contribution >= 4 is 5.97 Å². The molecule has 0 amide bonds. The van der Waals surface area contributed by atoms with Crippen LogP contribution in [0.2, 0.25) is 0 Å². The van der Waals surface area contributed by atoms with Gasteiger partial charge in [0.1, 0.15) is 12.2 Å². The summed E-state index contributed by atoms with van der Waals surface area (Å²) in [4.78, 5) is 11.4. The number of ether oxygens (including phenoxy) is 2. The molecule has 0 unspecified atom stereocenters. The molecule has 1 saturated heterocycles. The second-order valence-corrected chi connectivity index (χ2v) is 4.08. The third-order valence-corrected chi connectivity index (χ3v) is 2.61. The highest BCUT2D eigenvalue weighted by Crippen LogP contribution is 2.13. The van der Waals surface area contributed by atoms with Crippen molar-refractivity contribution in [2.75, 3.05) is 13.2 Å². The van der Waals surface area contributed by atoms with Crippen LogP contribution in [0, 0.1) is 0 Å². The molecule has 16 heavy (non-hydrogen) atoms. The van der Waals surface area contributed by atoms with Gasteiger partial charge < -0.3 is 19.7 Å². The first kappa shape index (κ1) is 13.4. The minimum Gasteiger partial charge on any atom is -0.457 e. The van der Waals surface area contributed by atoms with Gasteiger partial charge in [-0.3, -0.25) is 4.79 Å². The third-order valence-electron chi connectivity index (χ3n) is 2.61. The highest BCUT2D eigenvalue weighted by Gasteiger charge is 2.33. The zero-order chi connectivity index (χ0) is 12.0. The molecule has 0 bridgehead atoms. The van der Waals surface area contributed by atoms with Gasteiger partial charge in [0.05, 0.1) is 13.2 Å². The molecule has 1 fully saturated rings. The molecule has 94 valence electrons. The Hall–Kier alpha value is -0.650. The zero-order valence-corrected chi connectivity index (χ0v) is 9.59. The van der Waals surface area contributed by atoms with E-state index in [0.29, 0.717) is 6.42 Å². The maximum Gasteiger partial charge on any atom is 0.306 e. The van der Waals surface area contributed by atoms with Crippen LogP contribution < -0.4 is 0 Å². The lowest BCUT2D eigenvalue weighted by Crippen LogP contribution is -2.49. The van der Waals surface area contributed by atoms with Crippen LogP contribution in [0.3, 0.4) is 0 Å². The fraction of sp³-hybridized carbons (Fsp3) is 0.909. The monoisotopic (exact) mass is 232 g/mol. The number of aliphatic hydroxyl groups excluding tert-OH is 2. The van der Waals surface area contributed by atoms with Crippen molar-refractivity contribution in [1.82, 2.24) is 0 Å². The average molecular weight is 232 g/mol. The molecule has 0 aromatic carbocycles. The summed E-state index contributed by atoms with van der Waals surface area (Å²) in [5.41, 5.74) is 0. The van der Waals surface area contributed by atoms with Crippen molar-refractivity contribution in [2.24, 2.45) is 0 Å². The van der Waals surface area contributed by atoms with Gasteiger partial charge in [-0.1, -0.05) is 19.8 Å². The maximum atomic E-state index is 11.4. The topological polar surface area (TPSA) is 76.0 Å². The Morgan fingerprint density at radius 3 is 2.81 bits per heavy atom. The number of rotatable bonds is 5. The Balaban J connectivity index is 2.26. The van der Waals surface area contributed by atoms with Crippen LogP contribution in [0.1, 0.15) is 32.6 Å². The minimum absolute atomic E-state index is 0.0883.